The van der Waals surface area contributed by atoms with E-state index in [2.05, 4.69) is 79.9 Å². The Kier molecular flexibility index (Phi) is 12.5. The summed E-state index contributed by atoms with van der Waals surface area (Å²) in [5.41, 5.74) is -3.30. The SMILES string of the molecule is C[C@H](O[Si](c1ccccc1)(c1ccccc1)C(C)(C)C)[C@H](CP(c1ccccc1)c1ccccc1)NC(=S)Nc1cc(C(F)(F)F)cc(C(F)(F)F)c1. The number of rotatable bonds is 11. The molecule has 2 atom stereocenters. The second kappa shape index (κ2) is 16.6. The quantitative estimate of drug-likeness (QED) is 0.0606. The van der Waals surface area contributed by atoms with Crippen molar-refractivity contribution in [1.29, 1.82) is 0 Å². The van der Waals surface area contributed by atoms with Crippen molar-refractivity contribution in [2.45, 2.75) is 57.2 Å². The first-order valence-corrected chi connectivity index (χ1v) is 20.9. The average molecular weight is 783 g/mol. The van der Waals surface area contributed by atoms with Crippen molar-refractivity contribution < 1.29 is 30.8 Å². The lowest BCUT2D eigenvalue weighted by Gasteiger charge is -2.46. The van der Waals surface area contributed by atoms with Crippen LogP contribution >= 0.6 is 20.1 Å². The number of nitrogens with one attached hydrogen (secondary N) is 2. The van der Waals surface area contributed by atoms with Crippen LogP contribution in [0.2, 0.25) is 5.04 Å². The maximum absolute atomic E-state index is 13.7. The zero-order chi connectivity index (χ0) is 38.4. The van der Waals surface area contributed by atoms with Crippen LogP contribution in [0.15, 0.2) is 140 Å². The molecule has 278 valence electrons. The van der Waals surface area contributed by atoms with Crippen LogP contribution < -0.4 is 31.6 Å². The minimum Gasteiger partial charge on any atom is -0.403 e. The molecule has 0 spiro atoms. The van der Waals surface area contributed by atoms with Crippen molar-refractivity contribution in [1.82, 2.24) is 5.32 Å². The van der Waals surface area contributed by atoms with Gasteiger partial charge in [-0.15, -0.1) is 0 Å². The van der Waals surface area contributed by atoms with Gasteiger partial charge in [0, 0.05) is 5.69 Å². The Hall–Kier alpha value is -4.02. The van der Waals surface area contributed by atoms with Crippen molar-refractivity contribution in [2.24, 2.45) is 0 Å². The molecule has 5 aromatic rings. The topological polar surface area (TPSA) is 33.3 Å². The number of hydrogen-bond donors (Lipinski definition) is 2. The molecule has 53 heavy (non-hydrogen) atoms. The molecule has 5 rings (SSSR count). The van der Waals surface area contributed by atoms with E-state index in [1.807, 2.05) is 79.7 Å². The summed E-state index contributed by atoms with van der Waals surface area (Å²) in [6.45, 7) is 8.43. The van der Waals surface area contributed by atoms with E-state index >= 15 is 0 Å². The molecule has 5 aromatic carbocycles. The Morgan fingerprint density at radius 3 is 1.43 bits per heavy atom. The standard InChI is InChI=1S/C41H41F6N2OPSSi/c1-29(50-53(39(2,3)4,35-21-13-7-14-22-35)36-23-15-8-16-24-36)37(28-51(33-17-9-5-10-18-33)34-19-11-6-12-20-34)49-38(52)48-32-26-30(40(42,43)44)25-31(27-32)41(45,46)47/h5-27,29,37H,28H2,1-4H3,(H2,48,49,52)/t29-,37-/m0/s1. The van der Waals surface area contributed by atoms with Gasteiger partial charge in [-0.2, -0.15) is 26.3 Å². The fraction of sp³-hybridized carbons (Fsp3) is 0.244. The molecule has 0 unspecified atom stereocenters. The number of alkyl halides is 6. The van der Waals surface area contributed by atoms with Crippen LogP contribution in [0.25, 0.3) is 0 Å². The second-order valence-corrected chi connectivity index (χ2v) is 20.7. The third kappa shape index (κ3) is 9.75. The number of halogens is 6. The van der Waals surface area contributed by atoms with Crippen molar-refractivity contribution in [3.8, 4) is 0 Å². The molecule has 0 fully saturated rings. The normalized spacial score (nSPS) is 13.7. The molecule has 2 N–H and O–H groups in total. The van der Waals surface area contributed by atoms with Gasteiger partial charge in [-0.25, -0.2) is 0 Å². The Labute approximate surface area is 314 Å². The van der Waals surface area contributed by atoms with E-state index in [1.54, 1.807) is 0 Å². The Bertz CT molecular complexity index is 1830. The average Bonchev–Trinajstić information content (AvgIpc) is 3.12. The molecule has 0 radical (unpaired) electrons. The highest BCUT2D eigenvalue weighted by molar-refractivity contribution is 7.80. The van der Waals surface area contributed by atoms with Crippen molar-refractivity contribution >= 4 is 60.2 Å². The molecule has 0 aliphatic carbocycles. The lowest BCUT2D eigenvalue weighted by atomic mass is 10.1. The lowest BCUT2D eigenvalue weighted by Crippen LogP contribution is -2.69. The molecule has 12 heteroatoms. The summed E-state index contributed by atoms with van der Waals surface area (Å²) in [4.78, 5) is 0. The van der Waals surface area contributed by atoms with E-state index in [4.69, 9.17) is 16.6 Å². The molecule has 0 saturated carbocycles. The molecule has 3 nitrogen and oxygen atoms in total. The van der Waals surface area contributed by atoms with Gasteiger partial charge in [0.2, 0.25) is 0 Å². The van der Waals surface area contributed by atoms with E-state index < -0.39 is 57.6 Å². The molecule has 0 amide bonds. The first-order valence-electron chi connectivity index (χ1n) is 17.0. The van der Waals surface area contributed by atoms with Crippen LogP contribution in [0, 0.1) is 0 Å². The molecule has 0 saturated heterocycles. The van der Waals surface area contributed by atoms with Crippen LogP contribution in [0.4, 0.5) is 32.0 Å². The minimum absolute atomic E-state index is 0.0944. The largest absolute Gasteiger partial charge is 0.416 e. The predicted octanol–water partition coefficient (Wildman–Crippen LogP) is 9.48. The third-order valence-electron chi connectivity index (χ3n) is 9.02. The summed E-state index contributed by atoms with van der Waals surface area (Å²) < 4.78 is 89.9. The van der Waals surface area contributed by atoms with Gasteiger partial charge < -0.3 is 15.1 Å². The van der Waals surface area contributed by atoms with Crippen molar-refractivity contribution in [3.05, 3.63) is 151 Å². The number of benzene rings is 5. The van der Waals surface area contributed by atoms with Crippen LogP contribution in [-0.2, 0) is 16.8 Å². The van der Waals surface area contributed by atoms with Crippen LogP contribution in [-0.4, -0.2) is 31.7 Å². The minimum atomic E-state index is -5.01. The number of anilines is 1. The second-order valence-electron chi connectivity index (χ2n) is 13.8. The van der Waals surface area contributed by atoms with Crippen LogP contribution in [0.3, 0.4) is 0 Å². The van der Waals surface area contributed by atoms with Crippen molar-refractivity contribution in [3.63, 3.8) is 0 Å². The molecular weight excluding hydrogens is 742 g/mol. The summed E-state index contributed by atoms with van der Waals surface area (Å²) in [7, 11) is -4.16. The summed E-state index contributed by atoms with van der Waals surface area (Å²) in [5.74, 6) is 0. The highest BCUT2D eigenvalue weighted by Gasteiger charge is 2.52. The zero-order valence-electron chi connectivity index (χ0n) is 29.7. The molecule has 0 aliphatic rings. The highest BCUT2D eigenvalue weighted by Crippen LogP contribution is 2.41. The first kappa shape index (κ1) is 40.2. The fourth-order valence-electron chi connectivity index (χ4n) is 6.50. The van der Waals surface area contributed by atoms with Gasteiger partial charge in [0.05, 0.1) is 23.3 Å². The number of thiocarbonyl (C=S) groups is 1. The highest BCUT2D eigenvalue weighted by atomic mass is 32.1. The molecular formula is C41H41F6N2OPSSi. The van der Waals surface area contributed by atoms with Crippen molar-refractivity contribution in [2.75, 3.05) is 11.5 Å². The van der Waals surface area contributed by atoms with E-state index in [9.17, 15) is 26.3 Å². The van der Waals surface area contributed by atoms with Gasteiger partial charge in [0.25, 0.3) is 8.32 Å². The maximum Gasteiger partial charge on any atom is 0.416 e. The first-order chi connectivity index (χ1) is 25.0. The van der Waals surface area contributed by atoms with Gasteiger partial charge in [0.1, 0.15) is 0 Å². The fourth-order valence-corrected chi connectivity index (χ4v) is 14.1. The zero-order valence-corrected chi connectivity index (χ0v) is 32.4. The summed E-state index contributed by atoms with van der Waals surface area (Å²) in [6, 6.07) is 41.0. The van der Waals surface area contributed by atoms with Gasteiger partial charge in [-0.1, -0.05) is 142 Å². The van der Waals surface area contributed by atoms with Crippen LogP contribution in [0.1, 0.15) is 38.8 Å². The number of hydrogen-bond acceptors (Lipinski definition) is 2. The Balaban J connectivity index is 1.59. The summed E-state index contributed by atoms with van der Waals surface area (Å²) in [5, 5.41) is 9.73. The Morgan fingerprint density at radius 2 is 1.06 bits per heavy atom. The van der Waals surface area contributed by atoms with E-state index in [0.717, 1.165) is 21.0 Å². The molecule has 0 aromatic heterocycles. The third-order valence-corrected chi connectivity index (χ3v) is 17.0. The van der Waals surface area contributed by atoms with E-state index in [0.29, 0.717) is 18.3 Å². The van der Waals surface area contributed by atoms with Gasteiger partial charge in [0.15, 0.2) is 5.11 Å². The van der Waals surface area contributed by atoms with Gasteiger partial charge in [-0.3, -0.25) is 0 Å². The maximum atomic E-state index is 13.7. The van der Waals surface area contributed by atoms with E-state index in [1.165, 1.54) is 0 Å². The van der Waals surface area contributed by atoms with E-state index in [-0.39, 0.29) is 16.2 Å². The summed E-state index contributed by atoms with van der Waals surface area (Å²) >= 11 is 5.67. The predicted molar refractivity (Wildman–Crippen MR) is 212 cm³/mol. The smallest absolute Gasteiger partial charge is 0.403 e. The van der Waals surface area contributed by atoms with Gasteiger partial charge >= 0.3 is 12.4 Å². The summed E-state index contributed by atoms with van der Waals surface area (Å²) in [6.07, 6.45) is -10.1. The molecule has 0 heterocycles. The monoisotopic (exact) mass is 782 g/mol. The van der Waals surface area contributed by atoms with Gasteiger partial charge in [-0.05, 0) is 77.4 Å². The molecule has 0 bridgehead atoms. The molecule has 0 aliphatic heterocycles. The Morgan fingerprint density at radius 1 is 0.660 bits per heavy atom. The van der Waals surface area contributed by atoms with Crippen LogP contribution in [0.5, 0.6) is 0 Å². The lowest BCUT2D eigenvalue weighted by molar-refractivity contribution is -0.143.